The van der Waals surface area contributed by atoms with Gasteiger partial charge in [-0.1, -0.05) is 6.07 Å². The zero-order chi connectivity index (χ0) is 31.5. The number of fused-ring (bicyclic) bond motifs is 1. The summed E-state index contributed by atoms with van der Waals surface area (Å²) in [6, 6.07) is 19.1. The first-order valence-corrected chi connectivity index (χ1v) is 14.1. The van der Waals surface area contributed by atoms with Crippen LogP contribution in [0, 0.1) is 12.4 Å². The van der Waals surface area contributed by atoms with Gasteiger partial charge in [0, 0.05) is 55.1 Å². The molecule has 45 heavy (non-hydrogen) atoms. The molecule has 0 atom stereocenters. The molecule has 3 aromatic carbocycles. The Morgan fingerprint density at radius 2 is 1.67 bits per heavy atom. The molecule has 11 nitrogen and oxygen atoms in total. The summed E-state index contributed by atoms with van der Waals surface area (Å²) in [6.07, 6.45) is 0. The van der Waals surface area contributed by atoms with Crippen LogP contribution in [-0.2, 0) is 4.74 Å². The Morgan fingerprint density at radius 1 is 0.933 bits per heavy atom. The summed E-state index contributed by atoms with van der Waals surface area (Å²) in [6.45, 7) is 9.51. The molecular weight excluding hydrogens is 577 g/mol. The van der Waals surface area contributed by atoms with Gasteiger partial charge < -0.3 is 29.6 Å². The minimum atomic E-state index is -0.615. The van der Waals surface area contributed by atoms with Gasteiger partial charge in [0.1, 0.15) is 17.4 Å². The number of rotatable bonds is 6. The van der Waals surface area contributed by atoms with Crippen LogP contribution in [0.25, 0.3) is 38.5 Å². The van der Waals surface area contributed by atoms with E-state index in [0.29, 0.717) is 54.6 Å². The van der Waals surface area contributed by atoms with Gasteiger partial charge in [0.15, 0.2) is 5.82 Å². The summed E-state index contributed by atoms with van der Waals surface area (Å²) in [5.74, 6) is 0.779. The standard InChI is InChI=1S/C33H28FN7O4/c1-35-29-13-12-28(45-29)21-6-10-25-27(18-21)38-30(39-31(25)41-14-16-44-17-15-41)24-11-9-23(19-26(24)34)37-33(43)36-22-7-4-20(5-8-22)32(42)40(2)3/h4-13,18-19H,14-17H2,2-3H3,(H2,36,37,43). The lowest BCUT2D eigenvalue weighted by Gasteiger charge is -2.29. The number of nitrogens with one attached hydrogen (secondary N) is 2. The third-order valence-corrected chi connectivity index (χ3v) is 7.24. The molecule has 0 unspecified atom stereocenters. The van der Waals surface area contributed by atoms with Gasteiger partial charge in [-0.3, -0.25) is 4.79 Å². The van der Waals surface area contributed by atoms with Crippen LogP contribution < -0.4 is 15.5 Å². The summed E-state index contributed by atoms with van der Waals surface area (Å²) >= 11 is 0. The van der Waals surface area contributed by atoms with E-state index in [2.05, 4.69) is 20.4 Å². The van der Waals surface area contributed by atoms with Crippen molar-refractivity contribution in [3.63, 3.8) is 0 Å². The van der Waals surface area contributed by atoms with E-state index in [1.165, 1.54) is 17.0 Å². The number of hydrogen-bond donors (Lipinski definition) is 2. The smallest absolute Gasteiger partial charge is 0.346 e. The zero-order valence-electron chi connectivity index (χ0n) is 24.5. The number of hydrogen-bond acceptors (Lipinski definition) is 7. The number of morpholine rings is 1. The molecule has 3 amide bonds. The Balaban J connectivity index is 1.27. The fraction of sp³-hybridized carbons (Fsp3) is 0.182. The number of furan rings is 1. The molecule has 1 aliphatic heterocycles. The Bertz CT molecular complexity index is 1940. The van der Waals surface area contributed by atoms with Crippen LogP contribution >= 0.6 is 0 Å². The highest BCUT2D eigenvalue weighted by Crippen LogP contribution is 2.34. The van der Waals surface area contributed by atoms with Crippen LogP contribution in [0.15, 0.2) is 77.2 Å². The topological polar surface area (TPSA) is 117 Å². The summed E-state index contributed by atoms with van der Waals surface area (Å²) in [7, 11) is 3.32. The summed E-state index contributed by atoms with van der Waals surface area (Å²) in [5, 5.41) is 6.10. The van der Waals surface area contributed by atoms with Crippen LogP contribution in [0.5, 0.6) is 0 Å². The lowest BCUT2D eigenvalue weighted by molar-refractivity contribution is 0.0827. The van der Waals surface area contributed by atoms with Gasteiger partial charge in [0.25, 0.3) is 5.91 Å². The van der Waals surface area contributed by atoms with E-state index >= 15 is 4.39 Å². The van der Waals surface area contributed by atoms with Crippen molar-refractivity contribution in [3.8, 4) is 22.7 Å². The second-order valence-corrected chi connectivity index (χ2v) is 10.5. The highest BCUT2D eigenvalue weighted by molar-refractivity contribution is 6.01. The second-order valence-electron chi connectivity index (χ2n) is 10.5. The molecule has 1 fully saturated rings. The van der Waals surface area contributed by atoms with E-state index in [1.807, 2.05) is 18.2 Å². The Morgan fingerprint density at radius 3 is 2.36 bits per heavy atom. The maximum Gasteiger partial charge on any atom is 0.346 e. The van der Waals surface area contributed by atoms with Crippen LogP contribution in [-0.4, -0.2) is 67.2 Å². The van der Waals surface area contributed by atoms with Crippen molar-refractivity contribution in [2.45, 2.75) is 0 Å². The van der Waals surface area contributed by atoms with Crippen LogP contribution in [0.1, 0.15) is 10.4 Å². The van der Waals surface area contributed by atoms with Gasteiger partial charge in [0.2, 0.25) is 0 Å². The molecule has 226 valence electrons. The number of halogens is 1. The molecule has 0 spiro atoms. The van der Waals surface area contributed by atoms with Gasteiger partial charge in [-0.2, -0.15) is 4.85 Å². The van der Waals surface area contributed by atoms with E-state index in [9.17, 15) is 9.59 Å². The minimum absolute atomic E-state index is 0.151. The zero-order valence-corrected chi connectivity index (χ0v) is 24.5. The van der Waals surface area contributed by atoms with Gasteiger partial charge in [0.05, 0.1) is 30.9 Å². The molecule has 6 rings (SSSR count). The molecule has 2 N–H and O–H groups in total. The molecule has 0 aliphatic carbocycles. The number of ether oxygens (including phenoxy) is 1. The average Bonchev–Trinajstić information content (AvgIpc) is 3.54. The quantitative estimate of drug-likeness (QED) is 0.214. The maximum absolute atomic E-state index is 15.6. The van der Waals surface area contributed by atoms with E-state index in [4.69, 9.17) is 25.7 Å². The lowest BCUT2D eigenvalue weighted by atomic mass is 10.1. The number of benzene rings is 3. The fourth-order valence-corrected chi connectivity index (χ4v) is 4.97. The molecule has 0 saturated carbocycles. The predicted molar refractivity (Wildman–Crippen MR) is 169 cm³/mol. The van der Waals surface area contributed by atoms with Gasteiger partial charge in [-0.05, 0) is 66.7 Å². The van der Waals surface area contributed by atoms with Crippen molar-refractivity contribution in [1.29, 1.82) is 0 Å². The molecule has 0 radical (unpaired) electrons. The second kappa shape index (κ2) is 12.4. The first kappa shape index (κ1) is 29.3. The van der Waals surface area contributed by atoms with Gasteiger partial charge >= 0.3 is 11.9 Å². The largest absolute Gasteiger partial charge is 0.480 e. The SMILES string of the molecule is [C-]#[N+]c1ccc(-c2ccc3c(N4CCOCC4)nc(-c4ccc(NC(=O)Nc5ccc(C(=O)N(C)C)cc5)cc4F)nc3c2)o1. The highest BCUT2D eigenvalue weighted by atomic mass is 19.1. The van der Waals surface area contributed by atoms with Crippen molar-refractivity contribution in [3.05, 3.63) is 95.6 Å². The van der Waals surface area contributed by atoms with Crippen LogP contribution in [0.3, 0.4) is 0 Å². The minimum Gasteiger partial charge on any atom is -0.480 e. The van der Waals surface area contributed by atoms with Crippen molar-refractivity contribution in [1.82, 2.24) is 14.9 Å². The number of nitrogens with zero attached hydrogens (tertiary/aromatic N) is 5. The molecule has 3 heterocycles. The van der Waals surface area contributed by atoms with E-state index in [-0.39, 0.29) is 28.9 Å². The predicted octanol–water partition coefficient (Wildman–Crippen LogP) is 6.43. The molecular formula is C33H28FN7O4. The molecule has 0 bridgehead atoms. The van der Waals surface area contributed by atoms with E-state index < -0.39 is 11.8 Å². The Hall–Kier alpha value is -5.80. The normalized spacial score (nSPS) is 12.9. The van der Waals surface area contributed by atoms with Crippen LogP contribution in [0.4, 0.5) is 32.3 Å². The van der Waals surface area contributed by atoms with Gasteiger partial charge in [-0.25, -0.2) is 19.2 Å². The van der Waals surface area contributed by atoms with Crippen LogP contribution in [0.2, 0.25) is 0 Å². The van der Waals surface area contributed by atoms with Crippen molar-refractivity contribution >= 4 is 45.9 Å². The number of carbonyl (C=O) groups is 2. The highest BCUT2D eigenvalue weighted by Gasteiger charge is 2.20. The fourth-order valence-electron chi connectivity index (χ4n) is 4.97. The average molecular weight is 606 g/mol. The molecule has 1 saturated heterocycles. The monoisotopic (exact) mass is 605 g/mol. The molecule has 1 aliphatic rings. The maximum atomic E-state index is 15.6. The Kier molecular flexibility index (Phi) is 8.09. The Labute approximate surface area is 258 Å². The van der Waals surface area contributed by atoms with E-state index in [1.54, 1.807) is 56.6 Å². The van der Waals surface area contributed by atoms with Crippen molar-refractivity contribution in [2.75, 3.05) is 55.9 Å². The first-order chi connectivity index (χ1) is 21.8. The molecule has 2 aromatic heterocycles. The molecule has 12 heteroatoms. The number of aromatic nitrogens is 2. The third kappa shape index (κ3) is 6.29. The van der Waals surface area contributed by atoms with Crippen molar-refractivity contribution < 1.29 is 23.1 Å². The number of amides is 3. The van der Waals surface area contributed by atoms with Gasteiger partial charge in [-0.15, -0.1) is 0 Å². The summed E-state index contributed by atoms with van der Waals surface area (Å²) in [5.41, 5.74) is 2.66. The summed E-state index contributed by atoms with van der Waals surface area (Å²) < 4.78 is 26.7. The molecule has 5 aromatic rings. The van der Waals surface area contributed by atoms with E-state index in [0.717, 1.165) is 10.9 Å². The number of urea groups is 1. The third-order valence-electron chi connectivity index (χ3n) is 7.24. The number of carbonyl (C=O) groups excluding carboxylic acids is 2. The first-order valence-electron chi connectivity index (χ1n) is 14.1. The summed E-state index contributed by atoms with van der Waals surface area (Å²) in [4.78, 5) is 41.1. The number of anilines is 3. The van der Waals surface area contributed by atoms with Crippen molar-refractivity contribution in [2.24, 2.45) is 0 Å². The lowest BCUT2D eigenvalue weighted by Crippen LogP contribution is -2.37.